The Bertz CT molecular complexity index is 1180. The summed E-state index contributed by atoms with van der Waals surface area (Å²) in [4.78, 5) is 14.7. The molecular weight excluding hydrogens is 520 g/mol. The molecule has 0 aliphatic rings. The van der Waals surface area contributed by atoms with Crippen molar-refractivity contribution in [3.05, 3.63) is 57.6 Å². The molecular formula is C38H60O4. The lowest BCUT2D eigenvalue weighted by Gasteiger charge is -2.40. The van der Waals surface area contributed by atoms with Gasteiger partial charge < -0.3 is 14.9 Å². The zero-order chi connectivity index (χ0) is 31.7. The van der Waals surface area contributed by atoms with Crippen molar-refractivity contribution < 1.29 is 19.7 Å². The first-order chi connectivity index (χ1) is 19.8. The quantitative estimate of drug-likeness (QED) is 0.144. The van der Waals surface area contributed by atoms with Crippen molar-refractivity contribution in [2.45, 2.75) is 156 Å². The fourth-order valence-corrected chi connectivity index (χ4v) is 6.00. The van der Waals surface area contributed by atoms with Crippen LogP contribution in [0.1, 0.15) is 160 Å². The Morgan fingerprint density at radius 1 is 0.738 bits per heavy atom. The van der Waals surface area contributed by atoms with Gasteiger partial charge in [0.1, 0.15) is 16.9 Å². The Hall–Kier alpha value is -2.49. The highest BCUT2D eigenvalue weighted by molar-refractivity contribution is 5.91. The van der Waals surface area contributed by atoms with Gasteiger partial charge in [-0.3, -0.25) is 4.79 Å². The van der Waals surface area contributed by atoms with Crippen LogP contribution < -0.4 is 0 Å². The number of aryl methyl sites for hydroxylation is 2. The van der Waals surface area contributed by atoms with E-state index in [-0.39, 0.29) is 28.3 Å². The van der Waals surface area contributed by atoms with E-state index in [1.54, 1.807) is 0 Å². The Morgan fingerprint density at radius 2 is 1.33 bits per heavy atom. The molecule has 2 aromatic rings. The highest BCUT2D eigenvalue weighted by atomic mass is 16.5. The summed E-state index contributed by atoms with van der Waals surface area (Å²) in [7, 11) is 0. The number of unbranched alkanes of at least 4 members (excludes halogenated alkanes) is 3. The molecule has 0 saturated heterocycles. The van der Waals surface area contributed by atoms with E-state index in [1.165, 1.54) is 0 Å². The second-order valence-corrected chi connectivity index (χ2v) is 13.5. The van der Waals surface area contributed by atoms with E-state index in [0.29, 0.717) is 30.6 Å². The van der Waals surface area contributed by atoms with Crippen molar-refractivity contribution in [2.24, 2.45) is 0 Å². The molecule has 0 bridgehead atoms. The molecule has 2 rings (SSSR count). The van der Waals surface area contributed by atoms with E-state index >= 15 is 0 Å². The van der Waals surface area contributed by atoms with E-state index in [1.807, 2.05) is 12.1 Å². The third-order valence-electron chi connectivity index (χ3n) is 9.69. The van der Waals surface area contributed by atoms with E-state index in [4.69, 9.17) is 4.74 Å². The fraction of sp³-hybridized carbons (Fsp3) is 0.658. The van der Waals surface area contributed by atoms with Gasteiger partial charge in [0.25, 0.3) is 0 Å². The molecule has 1 atom stereocenters. The SMILES string of the molecule is CCCCOC(=O)C(CCCC)(c1c(O)cc(CCCC)cc1CC)c1c(O)cc(C(C)(C)CC)cc1C(C)(C)CC. The predicted octanol–water partition coefficient (Wildman–Crippen LogP) is 10.2. The highest BCUT2D eigenvalue weighted by Gasteiger charge is 2.50. The van der Waals surface area contributed by atoms with Gasteiger partial charge in [0.15, 0.2) is 0 Å². The van der Waals surface area contributed by atoms with Crippen molar-refractivity contribution in [1.29, 1.82) is 0 Å². The second kappa shape index (κ2) is 15.3. The number of ether oxygens (including phenoxy) is 1. The topological polar surface area (TPSA) is 66.8 Å². The molecule has 4 nitrogen and oxygen atoms in total. The predicted molar refractivity (Wildman–Crippen MR) is 177 cm³/mol. The molecule has 0 spiro atoms. The van der Waals surface area contributed by atoms with Crippen molar-refractivity contribution in [1.82, 2.24) is 0 Å². The molecule has 0 aliphatic carbocycles. The molecule has 236 valence electrons. The summed E-state index contributed by atoms with van der Waals surface area (Å²) >= 11 is 0. The maximum Gasteiger partial charge on any atom is 0.321 e. The number of benzene rings is 2. The number of aromatic hydroxyl groups is 2. The first kappa shape index (κ1) is 35.7. The summed E-state index contributed by atoms with van der Waals surface area (Å²) in [6.07, 6.45) is 9.11. The summed E-state index contributed by atoms with van der Waals surface area (Å²) < 4.78 is 6.12. The number of phenolic OH excluding ortho intramolecular Hbond substituents is 2. The van der Waals surface area contributed by atoms with E-state index < -0.39 is 5.41 Å². The van der Waals surface area contributed by atoms with Crippen LogP contribution in [0.5, 0.6) is 11.5 Å². The van der Waals surface area contributed by atoms with Crippen LogP contribution in [0.25, 0.3) is 0 Å². The van der Waals surface area contributed by atoms with Gasteiger partial charge in [-0.2, -0.15) is 0 Å². The molecule has 0 amide bonds. The molecule has 1 unspecified atom stereocenters. The number of rotatable bonds is 17. The van der Waals surface area contributed by atoms with Crippen LogP contribution in [0.2, 0.25) is 0 Å². The largest absolute Gasteiger partial charge is 0.508 e. The first-order valence-corrected chi connectivity index (χ1v) is 16.7. The minimum atomic E-state index is -1.34. The summed E-state index contributed by atoms with van der Waals surface area (Å²) in [5, 5.41) is 24.0. The lowest BCUT2D eigenvalue weighted by molar-refractivity contribution is -0.149. The van der Waals surface area contributed by atoms with Crippen LogP contribution in [-0.4, -0.2) is 22.8 Å². The normalized spacial score (nSPS) is 13.7. The van der Waals surface area contributed by atoms with Crippen molar-refractivity contribution in [3.63, 3.8) is 0 Å². The van der Waals surface area contributed by atoms with Crippen molar-refractivity contribution >= 4 is 5.97 Å². The van der Waals surface area contributed by atoms with Crippen LogP contribution in [-0.2, 0) is 38.6 Å². The summed E-state index contributed by atoms with van der Waals surface area (Å²) in [5.41, 5.74) is 3.42. The lowest BCUT2D eigenvalue weighted by atomic mass is 9.62. The molecule has 0 aliphatic heterocycles. The van der Waals surface area contributed by atoms with Gasteiger partial charge in [0.2, 0.25) is 0 Å². The minimum absolute atomic E-state index is 0.116. The Labute approximate surface area is 257 Å². The molecule has 42 heavy (non-hydrogen) atoms. The fourth-order valence-electron chi connectivity index (χ4n) is 6.00. The molecule has 0 saturated carbocycles. The molecule has 0 fully saturated rings. The smallest absolute Gasteiger partial charge is 0.321 e. The molecule has 2 N–H and O–H groups in total. The van der Waals surface area contributed by atoms with Gasteiger partial charge in [0, 0.05) is 11.1 Å². The number of esters is 1. The average Bonchev–Trinajstić information content (AvgIpc) is 2.96. The standard InChI is InChI=1S/C38H60O4/c1-11-17-20-27-23-28(14-4)33(31(39)24-27)38(21-18-12-2,35(41)42-22-19-13-3)34-30(37(9,10)16-6)25-29(26-32(34)40)36(7,8)15-5/h23-26,39-40H,11-22H2,1-10H3. The van der Waals surface area contributed by atoms with Gasteiger partial charge >= 0.3 is 5.97 Å². The van der Waals surface area contributed by atoms with Crippen molar-refractivity contribution in [2.75, 3.05) is 6.61 Å². The van der Waals surface area contributed by atoms with Crippen LogP contribution in [0.4, 0.5) is 0 Å². The first-order valence-electron chi connectivity index (χ1n) is 16.7. The summed E-state index contributed by atoms with van der Waals surface area (Å²) in [6, 6.07) is 8.11. The number of carbonyl (C=O) groups is 1. The number of hydrogen-bond donors (Lipinski definition) is 2. The van der Waals surface area contributed by atoms with Gasteiger partial charge in [-0.25, -0.2) is 0 Å². The van der Waals surface area contributed by atoms with Gasteiger partial charge in [-0.15, -0.1) is 0 Å². The van der Waals surface area contributed by atoms with E-state index in [2.05, 4.69) is 81.4 Å². The Balaban J connectivity index is 3.19. The third kappa shape index (κ3) is 7.53. The summed E-state index contributed by atoms with van der Waals surface area (Å²) in [5.74, 6) is -0.131. The number of phenols is 2. The molecule has 4 heteroatoms. The Morgan fingerprint density at radius 3 is 1.88 bits per heavy atom. The third-order valence-corrected chi connectivity index (χ3v) is 9.69. The highest BCUT2D eigenvalue weighted by Crippen LogP contribution is 2.52. The molecule has 2 aromatic carbocycles. The molecule has 0 radical (unpaired) electrons. The molecule has 0 aromatic heterocycles. The maximum absolute atomic E-state index is 14.7. The Kier molecular flexibility index (Phi) is 13.0. The number of hydrogen-bond acceptors (Lipinski definition) is 4. The monoisotopic (exact) mass is 580 g/mol. The van der Waals surface area contributed by atoms with E-state index in [0.717, 1.165) is 80.0 Å². The van der Waals surface area contributed by atoms with Crippen LogP contribution >= 0.6 is 0 Å². The van der Waals surface area contributed by atoms with Gasteiger partial charge in [-0.1, -0.05) is 107 Å². The summed E-state index contributed by atoms with van der Waals surface area (Å²) in [6.45, 7) is 21.9. The zero-order valence-corrected chi connectivity index (χ0v) is 28.5. The average molecular weight is 581 g/mol. The molecule has 0 heterocycles. The van der Waals surface area contributed by atoms with Crippen LogP contribution in [0, 0.1) is 0 Å². The van der Waals surface area contributed by atoms with Gasteiger partial charge in [0.05, 0.1) is 6.61 Å². The van der Waals surface area contributed by atoms with E-state index in [9.17, 15) is 15.0 Å². The second-order valence-electron chi connectivity index (χ2n) is 13.5. The van der Waals surface area contributed by atoms with Crippen molar-refractivity contribution in [3.8, 4) is 11.5 Å². The lowest BCUT2D eigenvalue weighted by Crippen LogP contribution is -2.42. The maximum atomic E-state index is 14.7. The van der Waals surface area contributed by atoms with Crippen LogP contribution in [0.15, 0.2) is 24.3 Å². The van der Waals surface area contributed by atoms with Crippen LogP contribution in [0.3, 0.4) is 0 Å². The number of carbonyl (C=O) groups excluding carboxylic acids is 1. The zero-order valence-electron chi connectivity index (χ0n) is 28.5. The van der Waals surface area contributed by atoms with Gasteiger partial charge in [-0.05, 0) is 90.2 Å². The minimum Gasteiger partial charge on any atom is -0.508 e.